The van der Waals surface area contributed by atoms with E-state index >= 15 is 0 Å². The Bertz CT molecular complexity index is 1400. The van der Waals surface area contributed by atoms with Gasteiger partial charge in [-0.2, -0.15) is 0 Å². The van der Waals surface area contributed by atoms with E-state index < -0.39 is 65.7 Å². The molecule has 5 amide bonds. The number of hydrogen-bond donors (Lipinski definition) is 9. The van der Waals surface area contributed by atoms with Crippen molar-refractivity contribution in [1.82, 2.24) is 30.8 Å². The van der Waals surface area contributed by atoms with E-state index in [1.54, 1.807) is 13.8 Å². The maximum Gasteiger partial charge on any atom is 0.245 e. The Kier molecular flexibility index (Phi) is 17.4. The molecule has 1 heterocycles. The van der Waals surface area contributed by atoms with E-state index in [-0.39, 0.29) is 31.8 Å². The molecule has 14 N–H and O–H groups in total. The number of likely N-dealkylation sites (N-methyl/N-ethyl adjacent to an activating group) is 1. The van der Waals surface area contributed by atoms with Crippen LogP contribution in [0.5, 0.6) is 0 Å². The summed E-state index contributed by atoms with van der Waals surface area (Å²) >= 11 is 0. The average Bonchev–Trinajstić information content (AvgIpc) is 3.59. The molecule has 0 fully saturated rings. The van der Waals surface area contributed by atoms with Crippen molar-refractivity contribution < 1.29 is 24.0 Å². The number of guanidine groups is 1. The number of nitrogens with one attached hydrogen (secondary N) is 4. The summed E-state index contributed by atoms with van der Waals surface area (Å²) in [6.45, 7) is 4.13. The summed E-state index contributed by atoms with van der Waals surface area (Å²) in [5, 5.41) is 8.20. The second-order valence-electron chi connectivity index (χ2n) is 12.5. The molecule has 17 heteroatoms. The average molecular weight is 699 g/mol. The molecule has 276 valence electrons. The van der Waals surface area contributed by atoms with E-state index in [1.165, 1.54) is 24.5 Å². The third-order valence-electron chi connectivity index (χ3n) is 8.14. The number of H-pyrrole nitrogens is 1. The lowest BCUT2D eigenvalue weighted by Crippen LogP contribution is -2.60. The minimum Gasteiger partial charge on any atom is -0.370 e. The topological polar surface area (TPSA) is 296 Å². The Hall–Kier alpha value is -5.03. The van der Waals surface area contributed by atoms with Gasteiger partial charge in [-0.1, -0.05) is 50.6 Å². The number of rotatable bonds is 22. The van der Waals surface area contributed by atoms with Gasteiger partial charge in [0.15, 0.2) is 5.96 Å². The van der Waals surface area contributed by atoms with E-state index in [1.807, 2.05) is 30.3 Å². The van der Waals surface area contributed by atoms with Crippen molar-refractivity contribution in [3.63, 3.8) is 0 Å². The summed E-state index contributed by atoms with van der Waals surface area (Å²) in [4.78, 5) is 78.9. The lowest BCUT2D eigenvalue weighted by molar-refractivity contribution is -0.141. The van der Waals surface area contributed by atoms with Gasteiger partial charge in [0.2, 0.25) is 29.5 Å². The van der Waals surface area contributed by atoms with Gasteiger partial charge in [0.1, 0.15) is 24.2 Å². The van der Waals surface area contributed by atoms with Crippen LogP contribution in [0.3, 0.4) is 0 Å². The number of nitrogens with two attached hydrogens (primary N) is 5. The Labute approximate surface area is 292 Å². The highest BCUT2D eigenvalue weighted by Gasteiger charge is 2.35. The van der Waals surface area contributed by atoms with Crippen LogP contribution in [0.2, 0.25) is 0 Å². The van der Waals surface area contributed by atoms with Crippen LogP contribution in [0.4, 0.5) is 0 Å². The summed E-state index contributed by atoms with van der Waals surface area (Å²) < 4.78 is 0. The Morgan fingerprint density at radius 3 is 2.14 bits per heavy atom. The van der Waals surface area contributed by atoms with Crippen LogP contribution >= 0.6 is 0 Å². The van der Waals surface area contributed by atoms with Crippen molar-refractivity contribution in [2.75, 3.05) is 20.1 Å². The maximum absolute atomic E-state index is 13.9. The first-order chi connectivity index (χ1) is 23.7. The molecule has 0 unspecified atom stereocenters. The number of amides is 5. The molecule has 0 aliphatic heterocycles. The SMILES string of the molecule is CC(C)[C@H](NC(=O)[C@H](CCCN=C(N)N)NC(=O)[C@@H](N)CCCCN)C(=O)N[C@@H](Cc1cnc[nH]1)C(=O)N(C)[C@@H](Cc1ccccc1)C(N)=O. The van der Waals surface area contributed by atoms with Gasteiger partial charge in [0, 0.05) is 38.3 Å². The van der Waals surface area contributed by atoms with Crippen LogP contribution in [0.1, 0.15) is 57.2 Å². The van der Waals surface area contributed by atoms with Crippen molar-refractivity contribution in [2.45, 2.75) is 89.0 Å². The number of aliphatic imine (C=N–C) groups is 1. The number of benzene rings is 1. The first kappa shape index (κ1) is 41.1. The molecule has 2 aromatic rings. The van der Waals surface area contributed by atoms with E-state index in [0.29, 0.717) is 37.9 Å². The summed E-state index contributed by atoms with van der Waals surface area (Å²) in [6, 6.07) is 3.90. The van der Waals surface area contributed by atoms with Gasteiger partial charge < -0.3 is 54.5 Å². The predicted octanol–water partition coefficient (Wildman–Crippen LogP) is -1.87. The van der Waals surface area contributed by atoms with Crippen molar-refractivity contribution in [2.24, 2.45) is 39.6 Å². The largest absolute Gasteiger partial charge is 0.370 e. The molecule has 0 bridgehead atoms. The van der Waals surface area contributed by atoms with Gasteiger partial charge in [-0.05, 0) is 43.7 Å². The van der Waals surface area contributed by atoms with E-state index in [9.17, 15) is 24.0 Å². The molecule has 5 atom stereocenters. The van der Waals surface area contributed by atoms with Crippen LogP contribution in [0, 0.1) is 5.92 Å². The van der Waals surface area contributed by atoms with Crippen LogP contribution in [0.25, 0.3) is 0 Å². The third kappa shape index (κ3) is 13.8. The predicted molar refractivity (Wildman–Crippen MR) is 190 cm³/mol. The lowest BCUT2D eigenvalue weighted by atomic mass is 10.00. The molecular weight excluding hydrogens is 644 g/mol. The monoisotopic (exact) mass is 698 g/mol. The van der Waals surface area contributed by atoms with Gasteiger partial charge in [0.25, 0.3) is 0 Å². The maximum atomic E-state index is 13.9. The van der Waals surface area contributed by atoms with Crippen molar-refractivity contribution in [3.8, 4) is 0 Å². The number of aromatic amines is 1. The number of aromatic nitrogens is 2. The minimum absolute atomic E-state index is 0.00993. The standard InChI is InChI=1S/C33H54N12O5/c1-20(2)27(44-30(48)24(13-9-15-40-33(37)38)42-29(47)23(35)12-7-8-14-34)31(49)43-25(17-22-18-39-19-41-22)32(50)45(3)26(28(36)46)16-21-10-5-4-6-11-21/h4-6,10-11,18-20,23-27H,7-9,12-17,34-35H2,1-3H3,(H2,36,46)(H,39,41)(H,42,47)(H,43,49)(H,44,48)(H4,37,38,40)/t23-,24-,25-,26-,27-/m0/s1. The number of hydrogen-bond acceptors (Lipinski definition) is 9. The number of carbonyl (C=O) groups excluding carboxylic acids is 5. The zero-order valence-corrected chi connectivity index (χ0v) is 29.1. The van der Waals surface area contributed by atoms with Crippen molar-refractivity contribution in [1.29, 1.82) is 0 Å². The van der Waals surface area contributed by atoms with Crippen LogP contribution in [-0.2, 0) is 36.8 Å². The Morgan fingerprint density at radius 2 is 1.56 bits per heavy atom. The fraction of sp³-hybridized carbons (Fsp3) is 0.545. The Balaban J connectivity index is 2.28. The molecule has 0 spiro atoms. The third-order valence-corrected chi connectivity index (χ3v) is 8.14. The second-order valence-corrected chi connectivity index (χ2v) is 12.5. The first-order valence-corrected chi connectivity index (χ1v) is 16.7. The van der Waals surface area contributed by atoms with E-state index in [2.05, 4.69) is 30.9 Å². The molecule has 17 nitrogen and oxygen atoms in total. The molecule has 0 aliphatic carbocycles. The number of carbonyl (C=O) groups is 5. The summed E-state index contributed by atoms with van der Waals surface area (Å²) in [7, 11) is 1.45. The number of unbranched alkanes of at least 4 members (excludes halogenated alkanes) is 1. The van der Waals surface area contributed by atoms with Gasteiger partial charge >= 0.3 is 0 Å². The van der Waals surface area contributed by atoms with Crippen LogP contribution in [-0.4, -0.2) is 101 Å². The minimum atomic E-state index is -1.16. The van der Waals surface area contributed by atoms with Gasteiger partial charge in [-0.15, -0.1) is 0 Å². The number of imidazole rings is 1. The second kappa shape index (κ2) is 21.1. The van der Waals surface area contributed by atoms with Gasteiger partial charge in [-0.3, -0.25) is 29.0 Å². The van der Waals surface area contributed by atoms with Crippen molar-refractivity contribution in [3.05, 3.63) is 54.1 Å². The number of primary amides is 1. The Morgan fingerprint density at radius 1 is 0.880 bits per heavy atom. The molecule has 0 aliphatic rings. The van der Waals surface area contributed by atoms with Gasteiger partial charge in [0.05, 0.1) is 12.4 Å². The lowest BCUT2D eigenvalue weighted by Gasteiger charge is -2.31. The van der Waals surface area contributed by atoms with E-state index in [0.717, 1.165) is 5.56 Å². The summed E-state index contributed by atoms with van der Waals surface area (Å²) in [5.74, 6) is -3.64. The molecule has 2 rings (SSSR count). The summed E-state index contributed by atoms with van der Waals surface area (Å²) in [6.07, 6.45) is 5.34. The highest BCUT2D eigenvalue weighted by molar-refractivity contribution is 5.96. The quantitative estimate of drug-likeness (QED) is 0.0375. The molecule has 1 aromatic heterocycles. The number of nitrogens with zero attached hydrogens (tertiary/aromatic N) is 3. The van der Waals surface area contributed by atoms with Crippen LogP contribution < -0.4 is 44.6 Å². The molecule has 50 heavy (non-hydrogen) atoms. The smallest absolute Gasteiger partial charge is 0.245 e. The zero-order chi connectivity index (χ0) is 37.2. The van der Waals surface area contributed by atoms with Crippen molar-refractivity contribution >= 4 is 35.5 Å². The van der Waals surface area contributed by atoms with Gasteiger partial charge in [-0.25, -0.2) is 4.98 Å². The molecule has 0 saturated carbocycles. The molecule has 1 aromatic carbocycles. The van der Waals surface area contributed by atoms with E-state index in [4.69, 9.17) is 28.7 Å². The van der Waals surface area contributed by atoms with Crippen LogP contribution in [0.15, 0.2) is 47.8 Å². The first-order valence-electron chi connectivity index (χ1n) is 16.7. The summed E-state index contributed by atoms with van der Waals surface area (Å²) in [5.41, 5.74) is 29.5. The highest BCUT2D eigenvalue weighted by Crippen LogP contribution is 2.13. The highest BCUT2D eigenvalue weighted by atomic mass is 16.2. The normalized spacial score (nSPS) is 14.0. The fourth-order valence-electron chi connectivity index (χ4n) is 5.22. The molecular formula is C33H54N12O5. The zero-order valence-electron chi connectivity index (χ0n) is 29.1. The molecule has 0 radical (unpaired) electrons. The fourth-order valence-corrected chi connectivity index (χ4v) is 5.22. The molecule has 0 saturated heterocycles.